The molecule has 2 aliphatic rings. The molecule has 5 nitrogen and oxygen atoms in total. The van der Waals surface area contributed by atoms with E-state index in [9.17, 15) is 23.1 Å². The Morgan fingerprint density at radius 3 is 2.87 bits per heavy atom. The zero-order valence-electron chi connectivity index (χ0n) is 16.1. The summed E-state index contributed by atoms with van der Waals surface area (Å²) in [4.78, 5) is 16.3. The number of ether oxygens (including phenoxy) is 1. The topological polar surface area (TPSA) is 71.5 Å². The Kier molecular flexibility index (Phi) is 5.51. The van der Waals surface area contributed by atoms with Gasteiger partial charge in [-0.1, -0.05) is 12.1 Å². The van der Waals surface area contributed by atoms with Crippen molar-refractivity contribution < 1.29 is 27.8 Å². The van der Waals surface area contributed by atoms with Crippen molar-refractivity contribution in [2.45, 2.75) is 44.4 Å². The summed E-state index contributed by atoms with van der Waals surface area (Å²) in [6.45, 7) is 0.227. The zero-order valence-corrected chi connectivity index (χ0v) is 16.1. The standard InChI is InChI=1S/C22H21F3N2O3/c23-22(24,25)19-9-8-16-14(4-2-10-30-21(16)27-19)11-20(29)26-18-5-1-3-13-6-7-15(28)12-17(13)18/h1,3,5,8-9,11,15,28H,2,4,6-7,10,12H2,(H,26,29). The van der Waals surface area contributed by atoms with Crippen LogP contribution in [0.25, 0.3) is 5.57 Å². The summed E-state index contributed by atoms with van der Waals surface area (Å²) in [5.41, 5.74) is 2.60. The number of aliphatic hydroxyl groups excluding tert-OH is 1. The highest BCUT2D eigenvalue weighted by atomic mass is 19.4. The van der Waals surface area contributed by atoms with Gasteiger partial charge in [0.05, 0.1) is 12.7 Å². The molecule has 1 atom stereocenters. The Morgan fingerprint density at radius 1 is 1.23 bits per heavy atom. The molecule has 158 valence electrons. The minimum absolute atomic E-state index is 0.110. The van der Waals surface area contributed by atoms with E-state index in [1.807, 2.05) is 12.1 Å². The van der Waals surface area contributed by atoms with Gasteiger partial charge in [-0.05, 0) is 60.6 Å². The van der Waals surface area contributed by atoms with Crippen molar-refractivity contribution >= 4 is 17.2 Å². The molecule has 0 spiro atoms. The van der Waals surface area contributed by atoms with E-state index in [1.165, 1.54) is 12.1 Å². The number of halogens is 3. The first kappa shape index (κ1) is 20.4. The van der Waals surface area contributed by atoms with Gasteiger partial charge >= 0.3 is 6.18 Å². The third-order valence-electron chi connectivity index (χ3n) is 5.35. The number of hydrogen-bond donors (Lipinski definition) is 2. The number of fused-ring (bicyclic) bond motifs is 2. The third kappa shape index (κ3) is 4.33. The van der Waals surface area contributed by atoms with Crippen molar-refractivity contribution in [3.63, 3.8) is 0 Å². The maximum absolute atomic E-state index is 13.0. The second-order valence-corrected chi connectivity index (χ2v) is 7.50. The summed E-state index contributed by atoms with van der Waals surface area (Å²) in [5.74, 6) is -0.493. The first-order valence-corrected chi connectivity index (χ1v) is 9.83. The number of hydrogen-bond acceptors (Lipinski definition) is 4. The predicted octanol–water partition coefficient (Wildman–Crippen LogP) is 4.14. The van der Waals surface area contributed by atoms with Crippen LogP contribution in [0.3, 0.4) is 0 Å². The number of carbonyl (C=O) groups excluding carboxylic acids is 1. The van der Waals surface area contributed by atoms with E-state index < -0.39 is 18.0 Å². The van der Waals surface area contributed by atoms with Crippen LogP contribution in [0.4, 0.5) is 18.9 Å². The number of allylic oxidation sites excluding steroid dienone is 1. The fraction of sp³-hybridized carbons (Fsp3) is 0.364. The molecule has 8 heteroatoms. The first-order valence-electron chi connectivity index (χ1n) is 9.83. The van der Waals surface area contributed by atoms with Crippen molar-refractivity contribution in [1.82, 2.24) is 4.98 Å². The number of aromatic nitrogens is 1. The second-order valence-electron chi connectivity index (χ2n) is 7.50. The lowest BCUT2D eigenvalue weighted by Gasteiger charge is -2.23. The van der Waals surface area contributed by atoms with Gasteiger partial charge in [0.1, 0.15) is 5.69 Å². The molecule has 0 saturated carbocycles. The summed E-state index contributed by atoms with van der Waals surface area (Å²) < 4.78 is 44.3. The van der Waals surface area contributed by atoms with Crippen LogP contribution in [0.5, 0.6) is 5.88 Å². The van der Waals surface area contributed by atoms with Crippen LogP contribution in [-0.2, 0) is 23.8 Å². The number of aryl methyl sites for hydroxylation is 1. The molecule has 30 heavy (non-hydrogen) atoms. The normalized spacial score (nSPS) is 20.0. The van der Waals surface area contributed by atoms with Crippen molar-refractivity contribution in [2.75, 3.05) is 11.9 Å². The number of aliphatic hydroxyl groups is 1. The van der Waals surface area contributed by atoms with E-state index in [0.29, 0.717) is 42.5 Å². The van der Waals surface area contributed by atoms with Gasteiger partial charge in [0.15, 0.2) is 0 Å². The Hall–Kier alpha value is -2.87. The van der Waals surface area contributed by atoms with Crippen molar-refractivity contribution in [2.24, 2.45) is 0 Å². The van der Waals surface area contributed by atoms with Crippen LogP contribution < -0.4 is 10.1 Å². The molecule has 1 amide bonds. The quantitative estimate of drug-likeness (QED) is 0.719. The Morgan fingerprint density at radius 2 is 2.07 bits per heavy atom. The first-order chi connectivity index (χ1) is 14.3. The van der Waals surface area contributed by atoms with Gasteiger partial charge in [-0.15, -0.1) is 0 Å². The summed E-state index contributed by atoms with van der Waals surface area (Å²) in [6, 6.07) is 7.83. The van der Waals surface area contributed by atoms with E-state index in [0.717, 1.165) is 23.6 Å². The molecule has 1 aromatic carbocycles. The molecule has 1 aromatic heterocycles. The van der Waals surface area contributed by atoms with Crippen molar-refractivity contribution in [3.8, 4) is 5.88 Å². The van der Waals surface area contributed by atoms with Gasteiger partial charge in [-0.2, -0.15) is 13.2 Å². The highest BCUT2D eigenvalue weighted by Gasteiger charge is 2.34. The molecule has 1 aliphatic heterocycles. The lowest BCUT2D eigenvalue weighted by Crippen LogP contribution is -2.21. The number of anilines is 1. The number of rotatable bonds is 2. The van der Waals surface area contributed by atoms with Gasteiger partial charge in [0, 0.05) is 23.7 Å². The van der Waals surface area contributed by atoms with Crippen molar-refractivity contribution in [3.05, 3.63) is 58.8 Å². The van der Waals surface area contributed by atoms with E-state index >= 15 is 0 Å². The molecule has 2 heterocycles. The van der Waals surface area contributed by atoms with Crippen LogP contribution in [0.1, 0.15) is 41.6 Å². The van der Waals surface area contributed by atoms with E-state index in [1.54, 1.807) is 6.07 Å². The third-order valence-corrected chi connectivity index (χ3v) is 5.35. The summed E-state index contributed by atoms with van der Waals surface area (Å²) in [6.07, 6.45) is -0.651. The molecule has 2 N–H and O–H groups in total. The van der Waals surface area contributed by atoms with Crippen LogP contribution in [0.15, 0.2) is 36.4 Å². The Bertz CT molecular complexity index is 1000. The van der Waals surface area contributed by atoms with Crippen LogP contribution in [0.2, 0.25) is 0 Å². The highest BCUT2D eigenvalue weighted by Crippen LogP contribution is 2.35. The van der Waals surface area contributed by atoms with Gasteiger partial charge in [-0.25, -0.2) is 4.98 Å². The summed E-state index contributed by atoms with van der Waals surface area (Å²) >= 11 is 0. The van der Waals surface area contributed by atoms with Gasteiger partial charge in [0.25, 0.3) is 0 Å². The zero-order chi connectivity index (χ0) is 21.3. The molecule has 4 rings (SSSR count). The van der Waals surface area contributed by atoms with Crippen LogP contribution >= 0.6 is 0 Å². The van der Waals surface area contributed by atoms with Gasteiger partial charge < -0.3 is 15.2 Å². The van der Waals surface area contributed by atoms with Crippen LogP contribution in [-0.4, -0.2) is 28.7 Å². The van der Waals surface area contributed by atoms with E-state index in [2.05, 4.69) is 10.3 Å². The number of amides is 1. The maximum atomic E-state index is 13.0. The molecule has 1 aliphatic carbocycles. The lowest BCUT2D eigenvalue weighted by atomic mass is 9.88. The molecule has 0 saturated heterocycles. The largest absolute Gasteiger partial charge is 0.477 e. The maximum Gasteiger partial charge on any atom is 0.433 e. The molecule has 2 aromatic rings. The number of carbonyl (C=O) groups is 1. The Labute approximate surface area is 171 Å². The number of benzene rings is 1. The summed E-state index contributed by atoms with van der Waals surface area (Å²) in [5, 5.41) is 12.8. The lowest BCUT2D eigenvalue weighted by molar-refractivity contribution is -0.141. The highest BCUT2D eigenvalue weighted by molar-refractivity contribution is 6.04. The number of nitrogens with one attached hydrogen (secondary N) is 1. The second kappa shape index (κ2) is 8.10. The molecule has 0 bridgehead atoms. The average Bonchev–Trinajstić information content (AvgIpc) is 2.89. The molecule has 0 radical (unpaired) electrons. The molecule has 0 fully saturated rings. The van der Waals surface area contributed by atoms with Crippen molar-refractivity contribution in [1.29, 1.82) is 0 Å². The number of nitrogens with zero attached hydrogens (tertiary/aromatic N) is 1. The predicted molar refractivity (Wildman–Crippen MR) is 105 cm³/mol. The summed E-state index contributed by atoms with van der Waals surface area (Å²) in [7, 11) is 0. The average molecular weight is 418 g/mol. The number of pyridine rings is 1. The number of alkyl halides is 3. The fourth-order valence-electron chi connectivity index (χ4n) is 3.88. The smallest absolute Gasteiger partial charge is 0.433 e. The SMILES string of the molecule is O=C(C=C1CCCOc2nc(C(F)(F)F)ccc21)Nc1cccc2c1CC(O)CC2. The molecule has 1 unspecified atom stereocenters. The van der Waals surface area contributed by atoms with Crippen LogP contribution in [0, 0.1) is 0 Å². The monoisotopic (exact) mass is 418 g/mol. The molecular weight excluding hydrogens is 397 g/mol. The van der Waals surface area contributed by atoms with E-state index in [4.69, 9.17) is 4.74 Å². The molecular formula is C22H21F3N2O3. The van der Waals surface area contributed by atoms with Gasteiger partial charge in [0.2, 0.25) is 11.8 Å². The minimum atomic E-state index is -4.57. The Balaban J connectivity index is 1.61. The van der Waals surface area contributed by atoms with E-state index in [-0.39, 0.29) is 18.4 Å². The minimum Gasteiger partial charge on any atom is -0.477 e. The van der Waals surface area contributed by atoms with Gasteiger partial charge in [-0.3, -0.25) is 4.79 Å². The fourth-order valence-corrected chi connectivity index (χ4v) is 3.88.